The summed E-state index contributed by atoms with van der Waals surface area (Å²) in [5.74, 6) is 2.24. The number of hydrogen-bond donors (Lipinski definition) is 2. The van der Waals surface area contributed by atoms with Crippen LogP contribution in [-0.2, 0) is 25.9 Å². The molecule has 1 saturated heterocycles. The Kier molecular flexibility index (Phi) is 10.7. The van der Waals surface area contributed by atoms with Crippen molar-refractivity contribution in [1.29, 1.82) is 0 Å². The third-order valence-electron chi connectivity index (χ3n) is 8.61. The second-order valence-electron chi connectivity index (χ2n) is 11.4. The summed E-state index contributed by atoms with van der Waals surface area (Å²) in [5.41, 5.74) is 3.47. The van der Waals surface area contributed by atoms with Crippen LogP contribution in [0.4, 0.5) is 4.79 Å². The molecular formula is C37H42N2O7. The predicted molar refractivity (Wildman–Crippen MR) is 175 cm³/mol. The van der Waals surface area contributed by atoms with Crippen LogP contribution in [0.15, 0.2) is 97.1 Å². The zero-order valence-corrected chi connectivity index (χ0v) is 26.7. The molecule has 2 N–H and O–H groups in total. The van der Waals surface area contributed by atoms with E-state index >= 15 is 0 Å². The Morgan fingerprint density at radius 2 is 0.891 bits per heavy atom. The van der Waals surface area contributed by atoms with Crippen molar-refractivity contribution >= 4 is 6.03 Å². The monoisotopic (exact) mass is 626 g/mol. The number of aliphatic hydroxyl groups is 2. The molecule has 9 heteroatoms. The van der Waals surface area contributed by atoms with Gasteiger partial charge >= 0.3 is 6.03 Å². The molecule has 0 bridgehead atoms. The maximum Gasteiger partial charge on any atom is 0.321 e. The molecule has 1 fully saturated rings. The summed E-state index contributed by atoms with van der Waals surface area (Å²) in [7, 11) is 6.28. The van der Waals surface area contributed by atoms with Crippen LogP contribution in [0.5, 0.6) is 23.0 Å². The molecule has 242 valence electrons. The lowest BCUT2D eigenvalue weighted by Crippen LogP contribution is -2.50. The van der Waals surface area contributed by atoms with Crippen molar-refractivity contribution in [3.05, 3.63) is 119 Å². The minimum atomic E-state index is -1.27. The number of methoxy groups -OCH3 is 4. The first-order valence-corrected chi connectivity index (χ1v) is 15.3. The van der Waals surface area contributed by atoms with Gasteiger partial charge < -0.3 is 39.0 Å². The van der Waals surface area contributed by atoms with Crippen LogP contribution in [0.1, 0.15) is 22.3 Å². The zero-order chi connectivity index (χ0) is 32.6. The van der Waals surface area contributed by atoms with Crippen LogP contribution in [0.2, 0.25) is 0 Å². The average Bonchev–Trinajstić information content (AvgIpc) is 3.16. The number of nitrogens with zero attached hydrogens (tertiary/aromatic N) is 2. The van der Waals surface area contributed by atoms with Gasteiger partial charge in [0.1, 0.15) is 12.2 Å². The van der Waals surface area contributed by atoms with Crippen molar-refractivity contribution in [1.82, 2.24) is 9.80 Å². The maximum atomic E-state index is 14.8. The maximum absolute atomic E-state index is 14.8. The summed E-state index contributed by atoms with van der Waals surface area (Å²) >= 11 is 0. The molecule has 0 spiro atoms. The van der Waals surface area contributed by atoms with Crippen molar-refractivity contribution in [2.75, 3.05) is 28.4 Å². The molecule has 0 aliphatic carbocycles. The van der Waals surface area contributed by atoms with Crippen molar-refractivity contribution in [3.63, 3.8) is 0 Å². The van der Waals surface area contributed by atoms with E-state index in [1.54, 1.807) is 50.4 Å². The summed E-state index contributed by atoms with van der Waals surface area (Å²) in [4.78, 5) is 18.2. The van der Waals surface area contributed by atoms with Crippen molar-refractivity contribution in [2.24, 2.45) is 0 Å². The summed E-state index contributed by atoms with van der Waals surface area (Å²) in [6, 6.07) is 28.7. The third-order valence-corrected chi connectivity index (χ3v) is 8.61. The highest BCUT2D eigenvalue weighted by molar-refractivity contribution is 5.76. The van der Waals surface area contributed by atoms with Crippen LogP contribution in [0.25, 0.3) is 0 Å². The molecule has 2 amide bonds. The fourth-order valence-corrected chi connectivity index (χ4v) is 6.16. The number of hydrogen-bond acceptors (Lipinski definition) is 7. The highest BCUT2D eigenvalue weighted by atomic mass is 16.5. The summed E-state index contributed by atoms with van der Waals surface area (Å²) in [6.07, 6.45) is -1.99. The number of aliphatic hydroxyl groups excluding tert-OH is 2. The van der Waals surface area contributed by atoms with Crippen LogP contribution < -0.4 is 18.9 Å². The standard InChI is InChI=1S/C37H42N2O7/c1-43-31-17-15-27(21-33(31)45-3)19-29-35(40)36(41)30(20-28-16-18-32(44-2)34(22-28)46-4)39(24-26-13-9-6-10-14-26)37(42)38(29)23-25-11-7-5-8-12-25/h5-18,21-22,29-30,35-36,40-41H,19-20,23-24H2,1-4H3/t29-,30-,35+,36+/m1/s1. The number of carbonyl (C=O) groups is 1. The van der Waals surface area contributed by atoms with E-state index < -0.39 is 24.3 Å². The van der Waals surface area contributed by atoms with E-state index in [4.69, 9.17) is 18.9 Å². The smallest absolute Gasteiger partial charge is 0.321 e. The lowest BCUT2D eigenvalue weighted by atomic mass is 9.90. The summed E-state index contributed by atoms with van der Waals surface area (Å²) < 4.78 is 21.9. The Bertz CT molecular complexity index is 1470. The molecule has 9 nitrogen and oxygen atoms in total. The molecule has 1 aliphatic heterocycles. The molecule has 0 radical (unpaired) electrons. The first-order chi connectivity index (χ1) is 22.4. The van der Waals surface area contributed by atoms with Crippen molar-refractivity contribution in [3.8, 4) is 23.0 Å². The number of ether oxygens (including phenoxy) is 4. The fraction of sp³-hybridized carbons (Fsp3) is 0.324. The van der Waals surface area contributed by atoms with Gasteiger partial charge in [-0.25, -0.2) is 4.79 Å². The Morgan fingerprint density at radius 3 is 1.24 bits per heavy atom. The number of carbonyl (C=O) groups excluding carboxylic acids is 1. The van der Waals surface area contributed by atoms with Crippen LogP contribution in [0.3, 0.4) is 0 Å². The van der Waals surface area contributed by atoms with E-state index in [-0.39, 0.29) is 32.0 Å². The van der Waals surface area contributed by atoms with E-state index in [2.05, 4.69) is 0 Å². The first-order valence-electron chi connectivity index (χ1n) is 15.3. The molecular weight excluding hydrogens is 584 g/mol. The zero-order valence-electron chi connectivity index (χ0n) is 26.7. The molecule has 4 aromatic carbocycles. The highest BCUT2D eigenvalue weighted by Crippen LogP contribution is 2.34. The number of benzene rings is 4. The molecule has 1 aliphatic rings. The SMILES string of the molecule is COc1ccc(C[C@@H]2[C@H](O)[C@@H](O)[C@@H](Cc3ccc(OC)c(OC)c3)N(Cc3ccccc3)C(=O)N2Cc2ccccc2)cc1OC. The average molecular weight is 627 g/mol. The fourth-order valence-electron chi connectivity index (χ4n) is 6.16. The molecule has 4 aromatic rings. The normalized spacial score (nSPS) is 19.8. The van der Waals surface area contributed by atoms with Gasteiger partial charge in [-0.15, -0.1) is 0 Å². The number of amides is 2. The van der Waals surface area contributed by atoms with Gasteiger partial charge in [0.2, 0.25) is 0 Å². The van der Waals surface area contributed by atoms with Gasteiger partial charge in [-0.05, 0) is 59.4 Å². The summed E-state index contributed by atoms with van der Waals surface area (Å²) in [5, 5.41) is 24.0. The van der Waals surface area contributed by atoms with E-state index in [1.165, 1.54) is 0 Å². The van der Waals surface area contributed by atoms with E-state index in [0.717, 1.165) is 22.3 Å². The minimum absolute atomic E-state index is 0.246. The largest absolute Gasteiger partial charge is 0.493 e. The predicted octanol–water partition coefficient (Wildman–Crippen LogP) is 5.10. The van der Waals surface area contributed by atoms with E-state index in [1.807, 2.05) is 84.9 Å². The van der Waals surface area contributed by atoms with Gasteiger partial charge in [-0.1, -0.05) is 72.8 Å². The van der Waals surface area contributed by atoms with Gasteiger partial charge in [0.15, 0.2) is 23.0 Å². The van der Waals surface area contributed by atoms with Gasteiger partial charge in [-0.3, -0.25) is 0 Å². The van der Waals surface area contributed by atoms with Crippen LogP contribution in [-0.4, -0.2) is 78.8 Å². The van der Waals surface area contributed by atoms with Crippen LogP contribution >= 0.6 is 0 Å². The molecule has 4 atom stereocenters. The van der Waals surface area contributed by atoms with E-state index in [0.29, 0.717) is 23.0 Å². The first kappa shape index (κ1) is 32.7. The lowest BCUT2D eigenvalue weighted by Gasteiger charge is -2.36. The highest BCUT2D eigenvalue weighted by Gasteiger charge is 2.46. The second-order valence-corrected chi connectivity index (χ2v) is 11.4. The molecule has 0 unspecified atom stereocenters. The Morgan fingerprint density at radius 1 is 0.522 bits per heavy atom. The molecule has 5 rings (SSSR count). The number of rotatable bonds is 12. The molecule has 0 saturated carbocycles. The van der Waals surface area contributed by atoms with Gasteiger partial charge in [0.25, 0.3) is 0 Å². The Hall–Kier alpha value is -4.73. The minimum Gasteiger partial charge on any atom is -0.493 e. The second kappa shape index (κ2) is 15.0. The molecule has 0 aromatic heterocycles. The van der Waals surface area contributed by atoms with Gasteiger partial charge in [0, 0.05) is 13.1 Å². The Balaban J connectivity index is 1.59. The topological polar surface area (TPSA) is 101 Å². The lowest BCUT2D eigenvalue weighted by molar-refractivity contribution is -0.0408. The molecule has 1 heterocycles. The van der Waals surface area contributed by atoms with Crippen LogP contribution in [0, 0.1) is 0 Å². The number of urea groups is 1. The Labute approximate surface area is 270 Å². The van der Waals surface area contributed by atoms with Crippen molar-refractivity contribution < 1.29 is 34.0 Å². The van der Waals surface area contributed by atoms with E-state index in [9.17, 15) is 15.0 Å². The van der Waals surface area contributed by atoms with Gasteiger partial charge in [-0.2, -0.15) is 0 Å². The quantitative estimate of drug-likeness (QED) is 0.226. The van der Waals surface area contributed by atoms with Gasteiger partial charge in [0.05, 0.1) is 40.5 Å². The third kappa shape index (κ3) is 7.22. The van der Waals surface area contributed by atoms with Crippen molar-refractivity contribution in [2.45, 2.75) is 50.2 Å². The molecule has 46 heavy (non-hydrogen) atoms. The summed E-state index contributed by atoms with van der Waals surface area (Å²) in [6.45, 7) is 0.492.